The standard InChI is InChI=1S/C20H24N6O5/c1-12-8-24(9-13(2)31-12)17(27)10-25-11-21-19-18(20(25)28)22-23-26(19)14-5-6-15(29-3)16(7-14)30-4/h5-7,11-13H,8-10H2,1-4H3/t12-,13-/m1/s1. The average molecular weight is 428 g/mol. The van der Waals surface area contributed by atoms with Crippen LogP contribution < -0.4 is 15.0 Å². The van der Waals surface area contributed by atoms with Crippen LogP contribution in [0.3, 0.4) is 0 Å². The molecule has 1 saturated heterocycles. The number of morpholine rings is 1. The van der Waals surface area contributed by atoms with Crippen LogP contribution in [0.2, 0.25) is 0 Å². The van der Waals surface area contributed by atoms with E-state index in [1.54, 1.807) is 30.2 Å². The summed E-state index contributed by atoms with van der Waals surface area (Å²) in [5.74, 6) is 0.908. The molecule has 0 bridgehead atoms. The Balaban J connectivity index is 1.63. The second-order valence-corrected chi connectivity index (χ2v) is 7.45. The van der Waals surface area contributed by atoms with Crippen molar-refractivity contribution in [1.29, 1.82) is 0 Å². The van der Waals surface area contributed by atoms with Gasteiger partial charge in [-0.2, -0.15) is 4.68 Å². The minimum atomic E-state index is -0.431. The number of fused-ring (bicyclic) bond motifs is 1. The summed E-state index contributed by atoms with van der Waals surface area (Å²) in [4.78, 5) is 31.7. The van der Waals surface area contributed by atoms with Crippen LogP contribution in [0.1, 0.15) is 13.8 Å². The zero-order valence-electron chi connectivity index (χ0n) is 17.8. The number of aromatic nitrogens is 5. The van der Waals surface area contributed by atoms with E-state index in [-0.39, 0.29) is 35.8 Å². The van der Waals surface area contributed by atoms with Gasteiger partial charge in [0.2, 0.25) is 5.91 Å². The number of nitrogens with zero attached hydrogens (tertiary/aromatic N) is 6. The molecule has 1 amide bonds. The van der Waals surface area contributed by atoms with Crippen LogP contribution in [0.25, 0.3) is 16.9 Å². The van der Waals surface area contributed by atoms with E-state index in [1.807, 2.05) is 13.8 Å². The second-order valence-electron chi connectivity index (χ2n) is 7.45. The van der Waals surface area contributed by atoms with Crippen molar-refractivity contribution in [3.8, 4) is 17.2 Å². The molecule has 0 N–H and O–H groups in total. The van der Waals surface area contributed by atoms with E-state index in [1.165, 1.54) is 22.7 Å². The van der Waals surface area contributed by atoms with Gasteiger partial charge in [-0.25, -0.2) is 4.98 Å². The summed E-state index contributed by atoms with van der Waals surface area (Å²) in [5.41, 5.74) is 0.542. The van der Waals surface area contributed by atoms with Crippen molar-refractivity contribution < 1.29 is 19.0 Å². The van der Waals surface area contributed by atoms with Crippen molar-refractivity contribution >= 4 is 17.1 Å². The van der Waals surface area contributed by atoms with Crippen LogP contribution in [-0.2, 0) is 16.1 Å². The van der Waals surface area contributed by atoms with E-state index in [0.717, 1.165) is 0 Å². The predicted molar refractivity (Wildman–Crippen MR) is 111 cm³/mol. The number of carbonyl (C=O) groups excluding carboxylic acids is 1. The maximum atomic E-state index is 12.9. The highest BCUT2D eigenvalue weighted by atomic mass is 16.5. The van der Waals surface area contributed by atoms with Crippen molar-refractivity contribution in [2.24, 2.45) is 0 Å². The summed E-state index contributed by atoms with van der Waals surface area (Å²) in [5, 5.41) is 8.07. The first kappa shape index (κ1) is 20.8. The fourth-order valence-corrected chi connectivity index (χ4v) is 3.71. The first-order valence-corrected chi connectivity index (χ1v) is 9.87. The molecule has 11 nitrogen and oxygen atoms in total. The molecule has 4 rings (SSSR count). The number of benzene rings is 1. The van der Waals surface area contributed by atoms with Gasteiger partial charge in [0.15, 0.2) is 22.7 Å². The Hall–Kier alpha value is -3.47. The van der Waals surface area contributed by atoms with Gasteiger partial charge in [0, 0.05) is 19.2 Å². The molecule has 0 saturated carbocycles. The lowest BCUT2D eigenvalue weighted by molar-refractivity contribution is -0.143. The molecule has 0 radical (unpaired) electrons. The number of ether oxygens (including phenoxy) is 3. The largest absolute Gasteiger partial charge is 0.493 e. The molecule has 11 heteroatoms. The summed E-state index contributed by atoms with van der Waals surface area (Å²) in [6.07, 6.45) is 1.24. The molecular weight excluding hydrogens is 404 g/mol. The van der Waals surface area contributed by atoms with Crippen LogP contribution in [0.5, 0.6) is 11.5 Å². The van der Waals surface area contributed by atoms with Crippen molar-refractivity contribution in [3.05, 3.63) is 34.9 Å². The molecule has 0 spiro atoms. The number of rotatable bonds is 5. The molecule has 0 unspecified atom stereocenters. The van der Waals surface area contributed by atoms with Crippen molar-refractivity contribution in [1.82, 2.24) is 29.4 Å². The Morgan fingerprint density at radius 2 is 1.87 bits per heavy atom. The quantitative estimate of drug-likeness (QED) is 0.581. The van der Waals surface area contributed by atoms with Gasteiger partial charge in [0.05, 0.1) is 32.1 Å². The Labute approximate surface area is 178 Å². The predicted octanol–water partition coefficient (Wildman–Crippen LogP) is 0.630. The van der Waals surface area contributed by atoms with Gasteiger partial charge < -0.3 is 19.1 Å². The Kier molecular flexibility index (Phi) is 5.59. The van der Waals surface area contributed by atoms with Gasteiger partial charge in [0.25, 0.3) is 5.56 Å². The Bertz CT molecular complexity index is 1160. The van der Waals surface area contributed by atoms with E-state index in [2.05, 4.69) is 15.3 Å². The molecule has 2 atom stereocenters. The third-order valence-electron chi connectivity index (χ3n) is 5.12. The molecule has 1 fully saturated rings. The molecule has 164 valence electrons. The van der Waals surface area contributed by atoms with Gasteiger partial charge in [-0.1, -0.05) is 5.21 Å². The smallest absolute Gasteiger partial charge is 0.284 e. The van der Waals surface area contributed by atoms with Crippen LogP contribution in [0.4, 0.5) is 0 Å². The maximum Gasteiger partial charge on any atom is 0.284 e. The number of methoxy groups -OCH3 is 2. The van der Waals surface area contributed by atoms with Crippen molar-refractivity contribution in [2.75, 3.05) is 27.3 Å². The van der Waals surface area contributed by atoms with E-state index in [0.29, 0.717) is 30.3 Å². The Morgan fingerprint density at radius 3 is 2.55 bits per heavy atom. The molecule has 1 aliphatic rings. The summed E-state index contributed by atoms with van der Waals surface area (Å²) < 4.78 is 18.9. The van der Waals surface area contributed by atoms with Gasteiger partial charge in [-0.3, -0.25) is 14.2 Å². The Morgan fingerprint density at radius 1 is 1.16 bits per heavy atom. The summed E-state index contributed by atoms with van der Waals surface area (Å²) in [6, 6.07) is 5.20. The van der Waals surface area contributed by atoms with Crippen LogP contribution in [-0.4, -0.2) is 74.9 Å². The number of amides is 1. The molecule has 3 heterocycles. The topological polar surface area (TPSA) is 114 Å². The van der Waals surface area contributed by atoms with Crippen molar-refractivity contribution in [3.63, 3.8) is 0 Å². The van der Waals surface area contributed by atoms with E-state index >= 15 is 0 Å². The number of carbonyl (C=O) groups is 1. The first-order valence-electron chi connectivity index (χ1n) is 9.87. The lowest BCUT2D eigenvalue weighted by Gasteiger charge is -2.35. The lowest BCUT2D eigenvalue weighted by Crippen LogP contribution is -2.49. The fourth-order valence-electron chi connectivity index (χ4n) is 3.71. The highest BCUT2D eigenvalue weighted by Crippen LogP contribution is 2.29. The molecule has 31 heavy (non-hydrogen) atoms. The highest BCUT2D eigenvalue weighted by molar-refractivity contribution is 5.77. The second kappa shape index (κ2) is 8.34. The van der Waals surface area contributed by atoms with Gasteiger partial charge >= 0.3 is 0 Å². The fraction of sp³-hybridized carbons (Fsp3) is 0.450. The van der Waals surface area contributed by atoms with E-state index in [9.17, 15) is 9.59 Å². The zero-order valence-corrected chi connectivity index (χ0v) is 17.8. The lowest BCUT2D eigenvalue weighted by atomic mass is 10.2. The zero-order chi connectivity index (χ0) is 22.1. The average Bonchev–Trinajstić information content (AvgIpc) is 3.19. The minimum Gasteiger partial charge on any atom is -0.493 e. The van der Waals surface area contributed by atoms with Crippen molar-refractivity contribution in [2.45, 2.75) is 32.6 Å². The molecule has 3 aromatic rings. The monoisotopic (exact) mass is 428 g/mol. The molecular formula is C20H24N6O5. The van der Waals surface area contributed by atoms with E-state index < -0.39 is 5.56 Å². The highest BCUT2D eigenvalue weighted by Gasteiger charge is 2.26. The van der Waals surface area contributed by atoms with Gasteiger partial charge in [-0.15, -0.1) is 5.10 Å². The van der Waals surface area contributed by atoms with Crippen LogP contribution >= 0.6 is 0 Å². The SMILES string of the molecule is COc1ccc(-n2nnc3c(=O)n(CC(=O)N4C[C@@H](C)O[C@H](C)C4)cnc32)cc1OC. The van der Waals surface area contributed by atoms with Crippen LogP contribution in [0.15, 0.2) is 29.3 Å². The summed E-state index contributed by atoms with van der Waals surface area (Å²) in [6.45, 7) is 4.70. The number of hydrogen-bond donors (Lipinski definition) is 0. The molecule has 1 aromatic carbocycles. The third kappa shape index (κ3) is 3.96. The molecule has 2 aromatic heterocycles. The summed E-state index contributed by atoms with van der Waals surface area (Å²) in [7, 11) is 3.08. The molecule has 0 aliphatic carbocycles. The van der Waals surface area contributed by atoms with Crippen LogP contribution in [0, 0.1) is 0 Å². The minimum absolute atomic E-state index is 0.0496. The summed E-state index contributed by atoms with van der Waals surface area (Å²) >= 11 is 0. The molecule has 1 aliphatic heterocycles. The normalized spacial score (nSPS) is 18.9. The van der Waals surface area contributed by atoms with Gasteiger partial charge in [0.1, 0.15) is 12.9 Å². The van der Waals surface area contributed by atoms with Gasteiger partial charge in [-0.05, 0) is 26.0 Å². The first-order chi connectivity index (χ1) is 14.9. The van der Waals surface area contributed by atoms with E-state index in [4.69, 9.17) is 14.2 Å². The maximum absolute atomic E-state index is 12.9. The third-order valence-corrected chi connectivity index (χ3v) is 5.12. The number of hydrogen-bond acceptors (Lipinski definition) is 8.